The minimum absolute atomic E-state index is 0.112. The molecule has 0 amide bonds. The van der Waals surface area contributed by atoms with Crippen LogP contribution in [0.4, 0.5) is 0 Å². The van der Waals surface area contributed by atoms with Crippen LogP contribution in [-0.2, 0) is 6.61 Å². The maximum absolute atomic E-state index is 8.75. The molecule has 12 heavy (non-hydrogen) atoms. The number of terminal acetylenes is 1. The van der Waals surface area contributed by atoms with Crippen LogP contribution in [-0.4, -0.2) is 17.2 Å². The third-order valence-electron chi connectivity index (χ3n) is 1.43. The Morgan fingerprint density at radius 3 is 2.92 bits per heavy atom. The van der Waals surface area contributed by atoms with Gasteiger partial charge >= 0.3 is 0 Å². The van der Waals surface area contributed by atoms with E-state index in [-0.39, 0.29) is 6.61 Å². The number of ether oxygens (including phenoxy) is 1. The van der Waals surface area contributed by atoms with Crippen LogP contribution in [0.5, 0.6) is 5.75 Å². The molecular weight excluding hydrogens is 154 g/mol. The second-order valence-corrected chi connectivity index (χ2v) is 2.16. The number of methoxy groups -OCH3 is 1. The molecule has 1 heterocycles. The van der Waals surface area contributed by atoms with Crippen LogP contribution in [0.25, 0.3) is 0 Å². The number of nitrogens with zero attached hydrogens (tertiary/aromatic N) is 1. The van der Waals surface area contributed by atoms with Crippen LogP contribution in [0.2, 0.25) is 0 Å². The van der Waals surface area contributed by atoms with Crippen molar-refractivity contribution in [2.45, 2.75) is 6.61 Å². The largest absolute Gasteiger partial charge is 0.494 e. The summed E-state index contributed by atoms with van der Waals surface area (Å²) in [7, 11) is 1.52. The zero-order valence-corrected chi connectivity index (χ0v) is 6.74. The molecule has 0 bridgehead atoms. The van der Waals surface area contributed by atoms with Gasteiger partial charge in [-0.3, -0.25) is 0 Å². The molecule has 0 aliphatic carbocycles. The summed E-state index contributed by atoms with van der Waals surface area (Å²) < 4.78 is 4.95. The van der Waals surface area contributed by atoms with Crippen LogP contribution < -0.4 is 4.74 Å². The van der Waals surface area contributed by atoms with Crippen molar-refractivity contribution in [2.75, 3.05) is 7.11 Å². The van der Waals surface area contributed by atoms with E-state index < -0.39 is 0 Å². The summed E-state index contributed by atoms with van der Waals surface area (Å²) >= 11 is 0. The second kappa shape index (κ2) is 3.74. The summed E-state index contributed by atoms with van der Waals surface area (Å²) in [6.45, 7) is -0.112. The van der Waals surface area contributed by atoms with Crippen LogP contribution in [0.3, 0.4) is 0 Å². The van der Waals surface area contributed by atoms with Gasteiger partial charge in [0.1, 0.15) is 0 Å². The molecule has 1 aromatic rings. The third kappa shape index (κ3) is 1.55. The number of aliphatic hydroxyl groups excluding tert-OH is 1. The third-order valence-corrected chi connectivity index (χ3v) is 1.43. The fourth-order valence-electron chi connectivity index (χ4n) is 0.843. The normalized spacial score (nSPS) is 9.08. The van der Waals surface area contributed by atoms with E-state index in [4.69, 9.17) is 16.3 Å². The molecule has 0 aliphatic heterocycles. The molecule has 0 aliphatic rings. The first-order valence-corrected chi connectivity index (χ1v) is 3.43. The molecule has 0 spiro atoms. The minimum atomic E-state index is -0.112. The molecule has 0 aromatic carbocycles. The summed E-state index contributed by atoms with van der Waals surface area (Å²) in [6.07, 6.45) is 5.18. The maximum Gasteiger partial charge on any atom is 0.155 e. The molecular formula is C9H9NO2. The summed E-state index contributed by atoms with van der Waals surface area (Å²) in [5.41, 5.74) is 0.966. The molecule has 0 saturated heterocycles. The molecule has 3 nitrogen and oxygen atoms in total. The topological polar surface area (TPSA) is 42.4 Å². The first kappa shape index (κ1) is 8.57. The lowest BCUT2D eigenvalue weighted by Crippen LogP contribution is -1.95. The summed E-state index contributed by atoms with van der Waals surface area (Å²) in [5.74, 6) is 2.92. The predicted octanol–water partition coefficient (Wildman–Crippen LogP) is 0.564. The summed E-state index contributed by atoms with van der Waals surface area (Å²) in [6, 6.07) is 3.35. The van der Waals surface area contributed by atoms with E-state index in [0.717, 1.165) is 0 Å². The molecule has 0 fully saturated rings. The van der Waals surface area contributed by atoms with Crippen molar-refractivity contribution in [1.29, 1.82) is 0 Å². The molecule has 0 atom stereocenters. The van der Waals surface area contributed by atoms with Crippen molar-refractivity contribution in [3.8, 4) is 18.1 Å². The van der Waals surface area contributed by atoms with Crippen LogP contribution >= 0.6 is 0 Å². The molecule has 1 rings (SSSR count). The Hall–Kier alpha value is -1.53. The Bertz CT molecular complexity index is 315. The Morgan fingerprint density at radius 1 is 1.67 bits per heavy atom. The highest BCUT2D eigenvalue weighted by Gasteiger charge is 2.01. The fraction of sp³-hybridized carbons (Fsp3) is 0.222. The molecule has 1 N–H and O–H groups in total. The molecule has 1 aromatic heterocycles. The predicted molar refractivity (Wildman–Crippen MR) is 44.6 cm³/mol. The summed E-state index contributed by atoms with van der Waals surface area (Å²) in [5, 5.41) is 8.75. The first-order valence-electron chi connectivity index (χ1n) is 3.43. The number of hydrogen-bond acceptors (Lipinski definition) is 3. The van der Waals surface area contributed by atoms with E-state index in [1.165, 1.54) is 7.11 Å². The van der Waals surface area contributed by atoms with E-state index in [1.54, 1.807) is 12.1 Å². The van der Waals surface area contributed by atoms with E-state index in [0.29, 0.717) is 17.1 Å². The van der Waals surface area contributed by atoms with Gasteiger partial charge in [-0.2, -0.15) is 0 Å². The number of rotatable bonds is 2. The van der Waals surface area contributed by atoms with Crippen molar-refractivity contribution in [1.82, 2.24) is 4.98 Å². The lowest BCUT2D eigenvalue weighted by atomic mass is 10.3. The van der Waals surface area contributed by atoms with Crippen LogP contribution in [0.15, 0.2) is 12.1 Å². The first-order chi connectivity index (χ1) is 5.81. The molecule has 62 valence electrons. The highest BCUT2D eigenvalue weighted by Crippen LogP contribution is 2.14. The Balaban J connectivity index is 3.13. The van der Waals surface area contributed by atoms with E-state index in [2.05, 4.69) is 10.9 Å². The Morgan fingerprint density at radius 2 is 2.42 bits per heavy atom. The van der Waals surface area contributed by atoms with Gasteiger partial charge in [0, 0.05) is 0 Å². The van der Waals surface area contributed by atoms with E-state index in [1.807, 2.05) is 0 Å². The number of aromatic nitrogens is 1. The molecule has 3 heteroatoms. The second-order valence-electron chi connectivity index (χ2n) is 2.16. The SMILES string of the molecule is C#Cc1nc(CO)ccc1OC. The van der Waals surface area contributed by atoms with Gasteiger partial charge in [-0.15, -0.1) is 6.42 Å². The molecule has 0 unspecified atom stereocenters. The van der Waals surface area contributed by atoms with Gasteiger partial charge in [0.15, 0.2) is 11.4 Å². The van der Waals surface area contributed by atoms with Gasteiger partial charge in [-0.1, -0.05) is 0 Å². The lowest BCUT2D eigenvalue weighted by Gasteiger charge is -2.02. The zero-order valence-electron chi connectivity index (χ0n) is 6.74. The van der Waals surface area contributed by atoms with Gasteiger partial charge in [-0.25, -0.2) is 4.98 Å². The average Bonchev–Trinajstić information content (AvgIpc) is 2.16. The Kier molecular flexibility index (Phi) is 2.67. The zero-order chi connectivity index (χ0) is 8.97. The monoisotopic (exact) mass is 163 g/mol. The van der Waals surface area contributed by atoms with Crippen molar-refractivity contribution in [2.24, 2.45) is 0 Å². The average molecular weight is 163 g/mol. The smallest absolute Gasteiger partial charge is 0.155 e. The highest BCUT2D eigenvalue weighted by molar-refractivity contribution is 5.40. The lowest BCUT2D eigenvalue weighted by molar-refractivity contribution is 0.276. The van der Waals surface area contributed by atoms with Gasteiger partial charge in [0.2, 0.25) is 0 Å². The van der Waals surface area contributed by atoms with Crippen LogP contribution in [0, 0.1) is 12.3 Å². The van der Waals surface area contributed by atoms with Crippen molar-refractivity contribution in [3.63, 3.8) is 0 Å². The Labute approximate surface area is 71.0 Å². The van der Waals surface area contributed by atoms with Gasteiger partial charge in [-0.05, 0) is 18.1 Å². The van der Waals surface area contributed by atoms with E-state index in [9.17, 15) is 0 Å². The number of hydrogen-bond donors (Lipinski definition) is 1. The number of aliphatic hydroxyl groups is 1. The van der Waals surface area contributed by atoms with Gasteiger partial charge in [0.25, 0.3) is 0 Å². The fourth-order valence-corrected chi connectivity index (χ4v) is 0.843. The maximum atomic E-state index is 8.75. The van der Waals surface area contributed by atoms with Crippen LogP contribution in [0.1, 0.15) is 11.4 Å². The standard InChI is InChI=1S/C9H9NO2/c1-3-8-9(12-2)5-4-7(6-11)10-8/h1,4-5,11H,6H2,2H3. The quantitative estimate of drug-likeness (QED) is 0.648. The summed E-state index contributed by atoms with van der Waals surface area (Å²) in [4.78, 5) is 3.97. The number of pyridine rings is 1. The van der Waals surface area contributed by atoms with Crippen molar-refractivity contribution in [3.05, 3.63) is 23.5 Å². The van der Waals surface area contributed by atoms with Crippen molar-refractivity contribution < 1.29 is 9.84 Å². The molecule has 0 saturated carbocycles. The van der Waals surface area contributed by atoms with Gasteiger partial charge < -0.3 is 9.84 Å². The van der Waals surface area contributed by atoms with Crippen molar-refractivity contribution >= 4 is 0 Å². The minimum Gasteiger partial charge on any atom is -0.494 e. The van der Waals surface area contributed by atoms with E-state index >= 15 is 0 Å². The van der Waals surface area contributed by atoms with Gasteiger partial charge in [0.05, 0.1) is 19.4 Å². The molecule has 0 radical (unpaired) electrons. The highest BCUT2D eigenvalue weighted by atomic mass is 16.5.